The van der Waals surface area contributed by atoms with Crippen molar-refractivity contribution in [3.05, 3.63) is 51.3 Å². The first-order valence-corrected chi connectivity index (χ1v) is 6.58. The first kappa shape index (κ1) is 11.0. The van der Waals surface area contributed by atoms with Gasteiger partial charge in [-0.15, -0.1) is 0 Å². The van der Waals surface area contributed by atoms with Gasteiger partial charge in [-0.1, -0.05) is 23.7 Å². The summed E-state index contributed by atoms with van der Waals surface area (Å²) in [6.07, 6.45) is 3.87. The lowest BCUT2D eigenvalue weighted by atomic mass is 10.1. The van der Waals surface area contributed by atoms with Crippen molar-refractivity contribution in [3.63, 3.8) is 0 Å². The summed E-state index contributed by atoms with van der Waals surface area (Å²) in [4.78, 5) is 7.70. The Balaban J connectivity index is 2.18. The van der Waals surface area contributed by atoms with Crippen LogP contribution >= 0.6 is 34.2 Å². The maximum absolute atomic E-state index is 5.98. The molecule has 84 valence electrons. The number of hydrogen-bond acceptors (Lipinski definition) is 1. The van der Waals surface area contributed by atoms with Crippen molar-refractivity contribution < 1.29 is 0 Å². The van der Waals surface area contributed by atoms with E-state index in [0.29, 0.717) is 0 Å². The molecule has 0 saturated heterocycles. The maximum atomic E-state index is 5.98. The van der Waals surface area contributed by atoms with Crippen LogP contribution in [0.4, 0.5) is 0 Å². The molecule has 0 aliphatic rings. The topological polar surface area (TPSA) is 28.7 Å². The Kier molecular flexibility index (Phi) is 2.80. The van der Waals surface area contributed by atoms with Crippen molar-refractivity contribution >= 4 is 45.1 Å². The third-order valence-electron chi connectivity index (χ3n) is 2.64. The van der Waals surface area contributed by atoms with Crippen molar-refractivity contribution in [1.29, 1.82) is 0 Å². The van der Waals surface area contributed by atoms with Gasteiger partial charge in [0, 0.05) is 31.9 Å². The molecular weight excluding hydrogens is 347 g/mol. The van der Waals surface area contributed by atoms with Crippen LogP contribution < -0.4 is 0 Å². The molecule has 1 aromatic carbocycles. The van der Waals surface area contributed by atoms with Crippen LogP contribution in [0, 0.1) is 3.57 Å². The number of H-pyrrole nitrogens is 1. The van der Waals surface area contributed by atoms with Crippen LogP contribution in [-0.4, -0.2) is 9.97 Å². The number of hydrogen-bond donors (Lipinski definition) is 1. The van der Waals surface area contributed by atoms with Gasteiger partial charge in [0.05, 0.1) is 11.2 Å². The maximum Gasteiger partial charge on any atom is 0.0723 e. The summed E-state index contributed by atoms with van der Waals surface area (Å²) < 4.78 is 1.18. The standard InChI is InChI=1S/C13H8ClIN2/c14-9-3-1-2-8(4-9)12-5-13-10(6-16-12)11(15)7-17-13/h1-7,17H. The molecule has 0 aliphatic carbocycles. The molecule has 1 N–H and O–H groups in total. The minimum atomic E-state index is 0.727. The molecule has 2 heterocycles. The van der Waals surface area contributed by atoms with Crippen molar-refractivity contribution in [1.82, 2.24) is 9.97 Å². The molecule has 0 radical (unpaired) electrons. The Morgan fingerprint density at radius 1 is 1.24 bits per heavy atom. The lowest BCUT2D eigenvalue weighted by molar-refractivity contribution is 1.35. The Morgan fingerprint density at radius 3 is 2.94 bits per heavy atom. The fraction of sp³-hybridized carbons (Fsp3) is 0. The molecule has 0 amide bonds. The molecule has 3 rings (SSSR count). The molecule has 2 aromatic heterocycles. The molecule has 17 heavy (non-hydrogen) atoms. The normalized spacial score (nSPS) is 10.9. The molecule has 4 heteroatoms. The Morgan fingerprint density at radius 2 is 2.12 bits per heavy atom. The number of aromatic nitrogens is 2. The summed E-state index contributed by atoms with van der Waals surface area (Å²) in [5.41, 5.74) is 3.06. The molecule has 0 aliphatic heterocycles. The van der Waals surface area contributed by atoms with E-state index in [2.05, 4.69) is 32.6 Å². The van der Waals surface area contributed by atoms with E-state index in [4.69, 9.17) is 11.6 Å². The summed E-state index contributed by atoms with van der Waals surface area (Å²) in [5.74, 6) is 0. The number of nitrogens with one attached hydrogen (secondary N) is 1. The van der Waals surface area contributed by atoms with Gasteiger partial charge in [0.2, 0.25) is 0 Å². The van der Waals surface area contributed by atoms with Crippen molar-refractivity contribution in [3.8, 4) is 11.3 Å². The largest absolute Gasteiger partial charge is 0.360 e. The lowest BCUT2D eigenvalue weighted by Crippen LogP contribution is -1.83. The zero-order valence-corrected chi connectivity index (χ0v) is 11.7. The predicted octanol–water partition coefficient (Wildman–Crippen LogP) is 4.49. The number of rotatable bonds is 1. The molecular formula is C13H8ClIN2. The third kappa shape index (κ3) is 2.05. The van der Waals surface area contributed by atoms with Crippen LogP contribution in [0.3, 0.4) is 0 Å². The van der Waals surface area contributed by atoms with E-state index in [1.54, 1.807) is 0 Å². The van der Waals surface area contributed by atoms with Crippen LogP contribution in [0.2, 0.25) is 5.02 Å². The van der Waals surface area contributed by atoms with Gasteiger partial charge in [-0.2, -0.15) is 0 Å². The van der Waals surface area contributed by atoms with Gasteiger partial charge in [-0.05, 0) is 40.8 Å². The van der Waals surface area contributed by atoms with E-state index >= 15 is 0 Å². The third-order valence-corrected chi connectivity index (χ3v) is 3.76. The molecule has 0 saturated carbocycles. The summed E-state index contributed by atoms with van der Waals surface area (Å²) >= 11 is 8.27. The van der Waals surface area contributed by atoms with E-state index in [1.807, 2.05) is 42.7 Å². The highest BCUT2D eigenvalue weighted by molar-refractivity contribution is 14.1. The van der Waals surface area contributed by atoms with E-state index in [1.165, 1.54) is 3.57 Å². The zero-order chi connectivity index (χ0) is 11.8. The monoisotopic (exact) mass is 354 g/mol. The summed E-state index contributed by atoms with van der Waals surface area (Å²) in [5, 5.41) is 1.88. The van der Waals surface area contributed by atoms with Gasteiger partial charge < -0.3 is 4.98 Å². The first-order valence-electron chi connectivity index (χ1n) is 5.12. The fourth-order valence-electron chi connectivity index (χ4n) is 1.79. The van der Waals surface area contributed by atoms with E-state index in [9.17, 15) is 0 Å². The molecule has 0 unspecified atom stereocenters. The second-order valence-electron chi connectivity index (χ2n) is 3.76. The zero-order valence-electron chi connectivity index (χ0n) is 8.74. The number of benzene rings is 1. The minimum absolute atomic E-state index is 0.727. The van der Waals surface area contributed by atoms with E-state index < -0.39 is 0 Å². The highest BCUT2D eigenvalue weighted by Gasteiger charge is 2.05. The molecule has 0 spiro atoms. The molecule has 0 bridgehead atoms. The first-order chi connectivity index (χ1) is 8.24. The highest BCUT2D eigenvalue weighted by atomic mass is 127. The smallest absolute Gasteiger partial charge is 0.0723 e. The van der Waals surface area contributed by atoms with Gasteiger partial charge in [-0.25, -0.2) is 0 Å². The van der Waals surface area contributed by atoms with Gasteiger partial charge in [0.15, 0.2) is 0 Å². The average Bonchev–Trinajstić information content (AvgIpc) is 2.71. The SMILES string of the molecule is Clc1cccc(-c2cc3[nH]cc(I)c3cn2)c1. The fourth-order valence-corrected chi connectivity index (χ4v) is 2.57. The quantitative estimate of drug-likeness (QED) is 0.641. The lowest BCUT2D eigenvalue weighted by Gasteiger charge is -2.01. The molecule has 3 aromatic rings. The average molecular weight is 355 g/mol. The van der Waals surface area contributed by atoms with Crippen molar-refractivity contribution in [2.45, 2.75) is 0 Å². The van der Waals surface area contributed by atoms with Crippen LogP contribution in [0.5, 0.6) is 0 Å². The molecule has 0 fully saturated rings. The Hall–Kier alpha value is -1.07. The second kappa shape index (κ2) is 4.31. The van der Waals surface area contributed by atoms with Gasteiger partial charge >= 0.3 is 0 Å². The highest BCUT2D eigenvalue weighted by Crippen LogP contribution is 2.25. The van der Waals surface area contributed by atoms with E-state index in [-0.39, 0.29) is 0 Å². The minimum Gasteiger partial charge on any atom is -0.360 e. The van der Waals surface area contributed by atoms with Gasteiger partial charge in [-0.3, -0.25) is 4.98 Å². The van der Waals surface area contributed by atoms with E-state index in [0.717, 1.165) is 27.2 Å². The van der Waals surface area contributed by atoms with Crippen molar-refractivity contribution in [2.24, 2.45) is 0 Å². The van der Waals surface area contributed by atoms with Gasteiger partial charge in [0.1, 0.15) is 0 Å². The van der Waals surface area contributed by atoms with Crippen molar-refractivity contribution in [2.75, 3.05) is 0 Å². The van der Waals surface area contributed by atoms with Crippen LogP contribution in [0.15, 0.2) is 42.7 Å². The number of halogens is 2. The predicted molar refractivity (Wildman–Crippen MR) is 79.3 cm³/mol. The summed E-state index contributed by atoms with van der Waals surface area (Å²) in [6.45, 7) is 0. The van der Waals surface area contributed by atoms with Crippen LogP contribution in [-0.2, 0) is 0 Å². The summed E-state index contributed by atoms with van der Waals surface area (Å²) in [6, 6.07) is 9.77. The molecule has 2 nitrogen and oxygen atoms in total. The number of nitrogens with zero attached hydrogens (tertiary/aromatic N) is 1. The Labute approximate surface area is 117 Å². The number of aromatic amines is 1. The Bertz CT molecular complexity index is 691. The van der Waals surface area contributed by atoms with Crippen LogP contribution in [0.1, 0.15) is 0 Å². The summed E-state index contributed by atoms with van der Waals surface area (Å²) in [7, 11) is 0. The number of pyridine rings is 1. The number of fused-ring (bicyclic) bond motifs is 1. The van der Waals surface area contributed by atoms with Crippen LogP contribution in [0.25, 0.3) is 22.2 Å². The second-order valence-corrected chi connectivity index (χ2v) is 5.36. The van der Waals surface area contributed by atoms with Gasteiger partial charge in [0.25, 0.3) is 0 Å². The molecule has 0 atom stereocenters.